The van der Waals surface area contributed by atoms with Crippen LogP contribution in [0.1, 0.15) is 20.3 Å². The van der Waals surface area contributed by atoms with Crippen LogP contribution in [0.25, 0.3) is 0 Å². The minimum atomic E-state index is 0.720. The van der Waals surface area contributed by atoms with E-state index in [9.17, 15) is 0 Å². The van der Waals surface area contributed by atoms with Gasteiger partial charge in [-0.2, -0.15) is 0 Å². The van der Waals surface area contributed by atoms with Crippen LogP contribution in [0.3, 0.4) is 0 Å². The van der Waals surface area contributed by atoms with Crippen molar-refractivity contribution < 1.29 is 0 Å². The van der Waals surface area contributed by atoms with Crippen LogP contribution < -0.4 is 0 Å². The van der Waals surface area contributed by atoms with Crippen molar-refractivity contribution in [2.75, 3.05) is 6.26 Å². The fourth-order valence-electron chi connectivity index (χ4n) is 0.990. The standard InChI is InChI=1S/C11H16S2/c1-4-9(2)13-11-7-5-6-10(8-11)12-3/h5-9H,4H2,1-3H3. The Bertz CT molecular complexity index is 258. The highest BCUT2D eigenvalue weighted by Gasteiger charge is 2.01. The molecular weight excluding hydrogens is 196 g/mol. The van der Waals surface area contributed by atoms with Gasteiger partial charge >= 0.3 is 0 Å². The Morgan fingerprint density at radius 2 is 2.00 bits per heavy atom. The van der Waals surface area contributed by atoms with Gasteiger partial charge < -0.3 is 0 Å². The van der Waals surface area contributed by atoms with Gasteiger partial charge in [0, 0.05) is 15.0 Å². The maximum absolute atomic E-state index is 2.27. The Labute approximate surface area is 89.5 Å². The predicted octanol–water partition coefficient (Wildman–Crippen LogP) is 4.30. The number of hydrogen-bond acceptors (Lipinski definition) is 2. The summed E-state index contributed by atoms with van der Waals surface area (Å²) in [7, 11) is 0. The first-order valence-corrected chi connectivity index (χ1v) is 6.67. The highest BCUT2D eigenvalue weighted by atomic mass is 32.2. The molecule has 1 rings (SSSR count). The van der Waals surface area contributed by atoms with E-state index in [2.05, 4.69) is 44.4 Å². The van der Waals surface area contributed by atoms with Crippen LogP contribution in [0.15, 0.2) is 34.1 Å². The van der Waals surface area contributed by atoms with Gasteiger partial charge in [-0.25, -0.2) is 0 Å². The average Bonchev–Trinajstić information content (AvgIpc) is 2.18. The zero-order chi connectivity index (χ0) is 9.68. The van der Waals surface area contributed by atoms with Crippen molar-refractivity contribution in [1.82, 2.24) is 0 Å². The largest absolute Gasteiger partial charge is 0.130 e. The van der Waals surface area contributed by atoms with E-state index >= 15 is 0 Å². The van der Waals surface area contributed by atoms with E-state index in [1.807, 2.05) is 11.8 Å². The second-order valence-corrected chi connectivity index (χ2v) is 5.41. The van der Waals surface area contributed by atoms with Crippen molar-refractivity contribution in [3.8, 4) is 0 Å². The molecular formula is C11H16S2. The van der Waals surface area contributed by atoms with Gasteiger partial charge in [-0.05, 0) is 30.9 Å². The van der Waals surface area contributed by atoms with Crippen LogP contribution in [0.5, 0.6) is 0 Å². The predicted molar refractivity (Wildman–Crippen MR) is 63.8 cm³/mol. The average molecular weight is 212 g/mol. The summed E-state index contributed by atoms with van der Waals surface area (Å²) in [5, 5.41) is 0.720. The van der Waals surface area contributed by atoms with Crippen molar-refractivity contribution >= 4 is 23.5 Å². The zero-order valence-electron chi connectivity index (χ0n) is 8.41. The van der Waals surface area contributed by atoms with Crippen LogP contribution in [-0.2, 0) is 0 Å². The van der Waals surface area contributed by atoms with Crippen molar-refractivity contribution in [2.45, 2.75) is 35.3 Å². The summed E-state index contributed by atoms with van der Waals surface area (Å²) in [6.45, 7) is 4.51. The number of rotatable bonds is 4. The maximum atomic E-state index is 2.27. The van der Waals surface area contributed by atoms with Gasteiger partial charge in [-0.1, -0.05) is 19.9 Å². The molecule has 0 N–H and O–H groups in total. The SMILES string of the molecule is CCC(C)Sc1cccc(SC)c1. The number of hydrogen-bond donors (Lipinski definition) is 0. The van der Waals surface area contributed by atoms with Crippen LogP contribution in [0, 0.1) is 0 Å². The van der Waals surface area contributed by atoms with E-state index in [1.165, 1.54) is 16.2 Å². The van der Waals surface area contributed by atoms with E-state index in [0.29, 0.717) is 0 Å². The van der Waals surface area contributed by atoms with E-state index in [4.69, 9.17) is 0 Å². The van der Waals surface area contributed by atoms with Crippen LogP contribution in [-0.4, -0.2) is 11.5 Å². The summed E-state index contributed by atoms with van der Waals surface area (Å²) in [5.74, 6) is 0. The van der Waals surface area contributed by atoms with E-state index in [1.54, 1.807) is 11.8 Å². The summed E-state index contributed by atoms with van der Waals surface area (Å²) in [6, 6.07) is 8.75. The van der Waals surface area contributed by atoms with Crippen LogP contribution in [0.2, 0.25) is 0 Å². The minimum absolute atomic E-state index is 0.720. The highest BCUT2D eigenvalue weighted by molar-refractivity contribution is 8.00. The molecule has 0 saturated heterocycles. The second-order valence-electron chi connectivity index (χ2n) is 3.02. The molecule has 0 aromatic heterocycles. The smallest absolute Gasteiger partial charge is 0.00858 e. The van der Waals surface area contributed by atoms with Crippen molar-refractivity contribution in [1.29, 1.82) is 0 Å². The lowest BCUT2D eigenvalue weighted by Crippen LogP contribution is -1.91. The van der Waals surface area contributed by atoms with Gasteiger partial charge in [-0.15, -0.1) is 23.5 Å². The van der Waals surface area contributed by atoms with Crippen molar-refractivity contribution in [2.24, 2.45) is 0 Å². The van der Waals surface area contributed by atoms with E-state index in [0.717, 1.165) is 5.25 Å². The molecule has 72 valence electrons. The second kappa shape index (κ2) is 5.61. The van der Waals surface area contributed by atoms with Gasteiger partial charge in [0.05, 0.1) is 0 Å². The summed E-state index contributed by atoms with van der Waals surface area (Å²) in [5.41, 5.74) is 0. The molecule has 1 aromatic carbocycles. The molecule has 0 bridgehead atoms. The summed E-state index contributed by atoms with van der Waals surface area (Å²) < 4.78 is 0. The molecule has 1 unspecified atom stereocenters. The lowest BCUT2D eigenvalue weighted by molar-refractivity contribution is 0.905. The molecule has 0 radical (unpaired) electrons. The molecule has 0 heterocycles. The lowest BCUT2D eigenvalue weighted by atomic mass is 10.4. The molecule has 0 aliphatic carbocycles. The molecule has 0 fully saturated rings. The number of benzene rings is 1. The van der Waals surface area contributed by atoms with Gasteiger partial charge in [0.15, 0.2) is 0 Å². The quantitative estimate of drug-likeness (QED) is 0.683. The maximum Gasteiger partial charge on any atom is 0.00858 e. The van der Waals surface area contributed by atoms with Crippen molar-refractivity contribution in [3.63, 3.8) is 0 Å². The Hall–Kier alpha value is -0.0800. The third-order valence-corrected chi connectivity index (χ3v) is 3.94. The zero-order valence-corrected chi connectivity index (χ0v) is 10.0. The molecule has 13 heavy (non-hydrogen) atoms. The number of thioether (sulfide) groups is 2. The monoisotopic (exact) mass is 212 g/mol. The van der Waals surface area contributed by atoms with Gasteiger partial charge in [0.25, 0.3) is 0 Å². The Morgan fingerprint density at radius 3 is 2.62 bits per heavy atom. The third kappa shape index (κ3) is 3.65. The molecule has 1 aromatic rings. The normalized spacial score (nSPS) is 12.8. The van der Waals surface area contributed by atoms with Crippen LogP contribution in [0.4, 0.5) is 0 Å². The van der Waals surface area contributed by atoms with Gasteiger partial charge in [0.1, 0.15) is 0 Å². The summed E-state index contributed by atoms with van der Waals surface area (Å²) in [6.07, 6.45) is 3.35. The van der Waals surface area contributed by atoms with E-state index < -0.39 is 0 Å². The molecule has 0 nitrogen and oxygen atoms in total. The van der Waals surface area contributed by atoms with Gasteiger partial charge in [-0.3, -0.25) is 0 Å². The first kappa shape index (κ1) is 11.0. The minimum Gasteiger partial charge on any atom is -0.130 e. The fraction of sp³-hybridized carbons (Fsp3) is 0.455. The first-order chi connectivity index (χ1) is 6.26. The Balaban J connectivity index is 2.66. The molecule has 2 heteroatoms. The Morgan fingerprint density at radius 1 is 1.31 bits per heavy atom. The summed E-state index contributed by atoms with van der Waals surface area (Å²) >= 11 is 3.76. The molecule has 0 amide bonds. The fourth-order valence-corrected chi connectivity index (χ4v) is 2.51. The molecule has 0 saturated carbocycles. The molecule has 0 spiro atoms. The van der Waals surface area contributed by atoms with Crippen molar-refractivity contribution in [3.05, 3.63) is 24.3 Å². The van der Waals surface area contributed by atoms with E-state index in [-0.39, 0.29) is 0 Å². The molecule has 0 aliphatic rings. The molecule has 0 aliphatic heterocycles. The summed E-state index contributed by atoms with van der Waals surface area (Å²) in [4.78, 5) is 2.74. The lowest BCUT2D eigenvalue weighted by Gasteiger charge is -2.08. The van der Waals surface area contributed by atoms with Gasteiger partial charge in [0.2, 0.25) is 0 Å². The highest BCUT2D eigenvalue weighted by Crippen LogP contribution is 2.27. The topological polar surface area (TPSA) is 0 Å². The molecule has 1 atom stereocenters. The third-order valence-electron chi connectivity index (χ3n) is 1.95. The van der Waals surface area contributed by atoms with Crippen LogP contribution >= 0.6 is 23.5 Å². The first-order valence-electron chi connectivity index (χ1n) is 4.57. The Kier molecular flexibility index (Phi) is 4.74.